The summed E-state index contributed by atoms with van der Waals surface area (Å²) >= 11 is 0. The van der Waals surface area contributed by atoms with Gasteiger partial charge in [0, 0.05) is 12.8 Å². The van der Waals surface area contributed by atoms with Crippen molar-refractivity contribution in [2.45, 2.75) is 18.9 Å². The number of rotatable bonds is 2. The van der Waals surface area contributed by atoms with Crippen LogP contribution in [0.15, 0.2) is 36.3 Å². The van der Waals surface area contributed by atoms with Gasteiger partial charge in [0.05, 0.1) is 6.54 Å². The van der Waals surface area contributed by atoms with Crippen LogP contribution in [0.4, 0.5) is 0 Å². The Labute approximate surface area is 130 Å². The molecule has 1 aromatic rings. The normalized spacial score (nSPS) is 28.8. The second-order valence-electron chi connectivity index (χ2n) is 5.82. The molecule has 1 aromatic carbocycles. The first-order valence-corrected chi connectivity index (χ1v) is 7.41. The largest absolute Gasteiger partial charge is 0.629 e. The zero-order chi connectivity index (χ0) is 15.6. The zero-order valence-corrected chi connectivity index (χ0v) is 12.3. The molecule has 2 atom stereocenters. The lowest BCUT2D eigenvalue weighted by atomic mass is 9.87. The maximum Gasteiger partial charge on any atom is 0.629 e. The Balaban J connectivity index is 1.75. The van der Waals surface area contributed by atoms with Crippen molar-refractivity contribution in [3.8, 4) is 0 Å². The number of hydrogen-bond acceptors (Lipinski definition) is 4. The number of hydrogen-bond donors (Lipinski definition) is 0. The van der Waals surface area contributed by atoms with Crippen LogP contribution in [0.5, 0.6) is 0 Å². The van der Waals surface area contributed by atoms with E-state index in [2.05, 4.69) is 7.05 Å². The van der Waals surface area contributed by atoms with E-state index in [9.17, 15) is 9.59 Å². The molecule has 2 saturated heterocycles. The molecule has 0 radical (unpaired) electrons. The van der Waals surface area contributed by atoms with Crippen LogP contribution in [0.2, 0.25) is 0 Å². The molecule has 2 heterocycles. The van der Waals surface area contributed by atoms with E-state index in [1.54, 1.807) is 12.1 Å². The van der Waals surface area contributed by atoms with Crippen LogP contribution in [-0.2, 0) is 18.9 Å². The SMILES string of the molecule is [CH2-][N+]12CCC[C@H]1C(=O)OB(/C=C/c1ccccc1)OC(=O)C2. The summed E-state index contributed by atoms with van der Waals surface area (Å²) in [7, 11) is 3.05. The first-order valence-electron chi connectivity index (χ1n) is 7.41. The van der Waals surface area contributed by atoms with Crippen molar-refractivity contribution >= 4 is 25.1 Å². The van der Waals surface area contributed by atoms with Crippen LogP contribution in [0.1, 0.15) is 18.4 Å². The molecule has 0 spiro atoms. The maximum absolute atomic E-state index is 12.3. The molecule has 5 nitrogen and oxygen atoms in total. The quantitative estimate of drug-likeness (QED) is 0.473. The monoisotopic (exact) mass is 299 g/mol. The summed E-state index contributed by atoms with van der Waals surface area (Å²) in [5, 5.41) is 0. The van der Waals surface area contributed by atoms with Gasteiger partial charge in [0.15, 0.2) is 12.6 Å². The molecule has 1 unspecified atom stereocenters. The van der Waals surface area contributed by atoms with Gasteiger partial charge in [0.1, 0.15) is 0 Å². The molecule has 0 saturated carbocycles. The fourth-order valence-electron chi connectivity index (χ4n) is 3.03. The van der Waals surface area contributed by atoms with Gasteiger partial charge in [-0.3, -0.25) is 0 Å². The van der Waals surface area contributed by atoms with Gasteiger partial charge in [-0.15, -0.1) is 7.05 Å². The Morgan fingerprint density at radius 3 is 2.77 bits per heavy atom. The third kappa shape index (κ3) is 3.07. The fourth-order valence-corrected chi connectivity index (χ4v) is 3.03. The molecule has 0 N–H and O–H groups in total. The van der Waals surface area contributed by atoms with Gasteiger partial charge in [-0.1, -0.05) is 36.4 Å². The average molecular weight is 299 g/mol. The topological polar surface area (TPSA) is 52.6 Å². The number of carbonyl (C=O) groups excluding carboxylic acids is 2. The zero-order valence-electron chi connectivity index (χ0n) is 12.3. The highest BCUT2D eigenvalue weighted by Gasteiger charge is 2.45. The van der Waals surface area contributed by atoms with Crippen LogP contribution in [-0.4, -0.2) is 42.7 Å². The van der Waals surface area contributed by atoms with E-state index in [1.165, 1.54) is 0 Å². The molecule has 6 heteroatoms. The Kier molecular flexibility index (Phi) is 4.03. The summed E-state index contributed by atoms with van der Waals surface area (Å²) in [6.07, 6.45) is 3.33. The molecule has 22 heavy (non-hydrogen) atoms. The van der Waals surface area contributed by atoms with Crippen molar-refractivity contribution < 1.29 is 23.4 Å². The van der Waals surface area contributed by atoms with Gasteiger partial charge in [-0.2, -0.15) is 0 Å². The van der Waals surface area contributed by atoms with Crippen molar-refractivity contribution in [3.63, 3.8) is 0 Å². The summed E-state index contributed by atoms with van der Waals surface area (Å²) in [6.45, 7) is 0.800. The smallest absolute Gasteiger partial charge is 0.491 e. The van der Waals surface area contributed by atoms with E-state index in [-0.39, 0.29) is 23.0 Å². The van der Waals surface area contributed by atoms with Crippen LogP contribution in [0.25, 0.3) is 6.08 Å². The number of quaternary nitrogens is 1. The fraction of sp³-hybridized carbons (Fsp3) is 0.312. The lowest BCUT2D eigenvalue weighted by Gasteiger charge is -2.42. The number of carbonyl (C=O) groups is 2. The summed E-state index contributed by atoms with van der Waals surface area (Å²) in [6, 6.07) is 9.18. The van der Waals surface area contributed by atoms with E-state index in [0.717, 1.165) is 12.0 Å². The highest BCUT2D eigenvalue weighted by atomic mass is 16.6. The first-order chi connectivity index (χ1) is 10.6. The summed E-state index contributed by atoms with van der Waals surface area (Å²) in [5.74, 6) is 0.850. The van der Waals surface area contributed by atoms with Gasteiger partial charge in [0.2, 0.25) is 0 Å². The minimum Gasteiger partial charge on any atom is -0.491 e. The molecular weight excluding hydrogens is 281 g/mol. The van der Waals surface area contributed by atoms with Gasteiger partial charge in [-0.25, -0.2) is 9.59 Å². The van der Waals surface area contributed by atoms with Crippen molar-refractivity contribution in [1.29, 1.82) is 0 Å². The minimum absolute atomic E-state index is 0.107. The van der Waals surface area contributed by atoms with E-state index in [1.807, 2.05) is 30.3 Å². The van der Waals surface area contributed by atoms with E-state index in [4.69, 9.17) is 9.31 Å². The Morgan fingerprint density at radius 1 is 1.23 bits per heavy atom. The van der Waals surface area contributed by atoms with E-state index >= 15 is 0 Å². The second kappa shape index (κ2) is 5.97. The predicted molar refractivity (Wildman–Crippen MR) is 81.8 cm³/mol. The summed E-state index contributed by atoms with van der Waals surface area (Å²) in [5.41, 5.74) is 0.944. The average Bonchev–Trinajstić information content (AvgIpc) is 2.85. The maximum atomic E-state index is 12.3. The molecule has 114 valence electrons. The van der Waals surface area contributed by atoms with E-state index in [0.29, 0.717) is 13.0 Å². The van der Waals surface area contributed by atoms with Gasteiger partial charge >= 0.3 is 19.1 Å². The second-order valence-corrected chi connectivity index (χ2v) is 5.82. The highest BCUT2D eigenvalue weighted by molar-refractivity contribution is 6.55. The lowest BCUT2D eigenvalue weighted by molar-refractivity contribution is -0.882. The molecule has 0 aromatic heterocycles. The Hall–Kier alpha value is -2.08. The summed E-state index contributed by atoms with van der Waals surface area (Å²) < 4.78 is 10.7. The third-order valence-corrected chi connectivity index (χ3v) is 4.18. The highest BCUT2D eigenvalue weighted by Crippen LogP contribution is 2.28. The number of benzene rings is 1. The molecular formula is C16H18BNO4. The van der Waals surface area contributed by atoms with Crippen molar-refractivity contribution in [2.24, 2.45) is 0 Å². The van der Waals surface area contributed by atoms with Crippen LogP contribution in [0.3, 0.4) is 0 Å². The Morgan fingerprint density at radius 2 is 2.00 bits per heavy atom. The predicted octanol–water partition coefficient (Wildman–Crippen LogP) is 1.60. The lowest BCUT2D eigenvalue weighted by Crippen LogP contribution is -2.56. The molecule has 2 aliphatic rings. The minimum atomic E-state index is -0.977. The van der Waals surface area contributed by atoms with E-state index < -0.39 is 13.1 Å². The number of nitrogens with zero attached hydrogens (tertiary/aromatic N) is 1. The van der Waals surface area contributed by atoms with Crippen molar-refractivity contribution in [3.05, 3.63) is 48.9 Å². The molecule has 2 aliphatic heterocycles. The van der Waals surface area contributed by atoms with Crippen molar-refractivity contribution in [1.82, 2.24) is 0 Å². The molecule has 3 rings (SSSR count). The molecule has 2 fully saturated rings. The standard InChI is InChI=1S/C16H18BNO4/c1-18-11-5-8-14(18)16(20)22-17(21-15(19)12-18)10-9-13-6-3-2-4-7-13/h2-4,6-7,9-10,14H,1,5,8,11-12H2/b10-9+/t14-,18?/m0/s1. The Bertz CT molecular complexity index is 603. The van der Waals surface area contributed by atoms with Gasteiger partial charge in [-0.05, 0) is 11.5 Å². The first kappa shape index (κ1) is 14.8. The van der Waals surface area contributed by atoms with Gasteiger partial charge in [0.25, 0.3) is 0 Å². The number of fused-ring (bicyclic) bond motifs is 1. The van der Waals surface area contributed by atoms with Crippen molar-refractivity contribution in [2.75, 3.05) is 13.1 Å². The molecule has 0 aliphatic carbocycles. The van der Waals surface area contributed by atoms with Crippen LogP contribution >= 0.6 is 0 Å². The molecule has 0 amide bonds. The van der Waals surface area contributed by atoms with Gasteiger partial charge < -0.3 is 13.8 Å². The van der Waals surface area contributed by atoms with Crippen LogP contribution in [0, 0.1) is 7.05 Å². The van der Waals surface area contributed by atoms with Crippen LogP contribution < -0.4 is 0 Å². The molecule has 0 bridgehead atoms. The summed E-state index contributed by atoms with van der Waals surface area (Å²) in [4.78, 5) is 24.3. The third-order valence-electron chi connectivity index (χ3n) is 4.18.